The molecule has 0 radical (unpaired) electrons. The number of hydrogen-bond donors (Lipinski definition) is 0. The molecule has 0 bridgehead atoms. The molecule has 0 N–H and O–H groups in total. The molecule has 1 aromatic heterocycles. The van der Waals surface area contributed by atoms with Crippen molar-refractivity contribution in [3.05, 3.63) is 78.4 Å². The van der Waals surface area contributed by atoms with E-state index in [-0.39, 0.29) is 30.0 Å². The lowest BCUT2D eigenvalue weighted by molar-refractivity contribution is 0.0917. The molecule has 4 rings (SSSR count). The molecule has 9 heteroatoms. The number of aromatic nitrogens is 1. The van der Waals surface area contributed by atoms with Gasteiger partial charge in [-0.25, -0.2) is 13.4 Å². The minimum Gasteiger partial charge on any atom is -0.376 e. The molecule has 1 fully saturated rings. The Morgan fingerprint density at radius 2 is 1.83 bits per heavy atom. The van der Waals surface area contributed by atoms with Crippen LogP contribution in [0.5, 0.6) is 0 Å². The molecule has 2 heterocycles. The van der Waals surface area contributed by atoms with Crippen molar-refractivity contribution in [1.29, 1.82) is 0 Å². The molecule has 1 aliphatic rings. The summed E-state index contributed by atoms with van der Waals surface area (Å²) in [5, 5.41) is 0.610. The van der Waals surface area contributed by atoms with E-state index in [2.05, 4.69) is 19.2 Å². The number of thiazole rings is 1. The molecule has 3 aromatic rings. The van der Waals surface area contributed by atoms with Crippen LogP contribution in [-0.4, -0.2) is 56.0 Å². The fraction of sp³-hybridized carbons (Fsp3) is 0.333. The van der Waals surface area contributed by atoms with E-state index in [1.807, 2.05) is 19.9 Å². The molecule has 190 valence electrons. The van der Waals surface area contributed by atoms with E-state index in [0.717, 1.165) is 34.2 Å². The Kier molecular flexibility index (Phi) is 8.04. The summed E-state index contributed by atoms with van der Waals surface area (Å²) >= 11 is 1.47. The summed E-state index contributed by atoms with van der Waals surface area (Å²) in [4.78, 5) is 20.3. The zero-order valence-corrected chi connectivity index (χ0v) is 22.3. The number of carbonyl (C=O) groups is 1. The number of carbonyl (C=O) groups excluding carboxylic acids is 1. The molecule has 0 spiro atoms. The Bertz CT molecular complexity index is 1360. The monoisotopic (exact) mass is 525 g/mol. The van der Waals surface area contributed by atoms with Gasteiger partial charge in [0.1, 0.15) is 0 Å². The number of amides is 1. The Hall–Kier alpha value is -2.85. The molecular formula is C27H31N3O4S2. The van der Waals surface area contributed by atoms with Crippen LogP contribution in [-0.2, 0) is 14.8 Å². The van der Waals surface area contributed by atoms with Gasteiger partial charge in [-0.2, -0.15) is 4.31 Å². The third-order valence-corrected chi connectivity index (χ3v) is 9.25. The highest BCUT2D eigenvalue weighted by atomic mass is 32.2. The number of ether oxygens (including phenoxy) is 1. The first-order valence-corrected chi connectivity index (χ1v) is 14.1. The van der Waals surface area contributed by atoms with E-state index in [4.69, 9.17) is 9.72 Å². The second kappa shape index (κ2) is 11.0. The summed E-state index contributed by atoms with van der Waals surface area (Å²) in [5.41, 5.74) is 3.52. The summed E-state index contributed by atoms with van der Waals surface area (Å²) in [6.07, 6.45) is 4.84. The number of hydrogen-bond acceptors (Lipinski definition) is 6. The van der Waals surface area contributed by atoms with Crippen LogP contribution >= 0.6 is 11.3 Å². The third-order valence-electron chi connectivity index (χ3n) is 6.36. The van der Waals surface area contributed by atoms with Crippen molar-refractivity contribution >= 4 is 42.6 Å². The SMILES string of the molecule is C=CCN(CC=C)S(=O)(=O)c1ccc(C(=O)N(CC2CCCO2)c2nc3c(C)c(C)ccc3s2)cc1. The number of rotatable bonds is 10. The minimum atomic E-state index is -3.75. The Morgan fingerprint density at radius 1 is 1.14 bits per heavy atom. The Balaban J connectivity index is 1.67. The molecule has 1 aliphatic heterocycles. The second-order valence-electron chi connectivity index (χ2n) is 8.83. The normalized spacial score (nSPS) is 15.9. The highest BCUT2D eigenvalue weighted by Gasteiger charge is 2.28. The van der Waals surface area contributed by atoms with Crippen LogP contribution in [0, 0.1) is 13.8 Å². The summed E-state index contributed by atoms with van der Waals surface area (Å²) < 4.78 is 34.2. The molecule has 7 nitrogen and oxygen atoms in total. The largest absolute Gasteiger partial charge is 0.376 e. The first-order valence-electron chi connectivity index (χ1n) is 11.9. The van der Waals surface area contributed by atoms with Gasteiger partial charge < -0.3 is 4.74 Å². The van der Waals surface area contributed by atoms with E-state index in [1.165, 1.54) is 39.9 Å². The van der Waals surface area contributed by atoms with Crippen molar-refractivity contribution in [3.8, 4) is 0 Å². The van der Waals surface area contributed by atoms with E-state index in [9.17, 15) is 13.2 Å². The zero-order chi connectivity index (χ0) is 25.9. The van der Waals surface area contributed by atoms with Crippen molar-refractivity contribution in [2.24, 2.45) is 0 Å². The van der Waals surface area contributed by atoms with Gasteiger partial charge in [0, 0.05) is 25.3 Å². The van der Waals surface area contributed by atoms with Gasteiger partial charge in [-0.15, -0.1) is 13.2 Å². The molecule has 36 heavy (non-hydrogen) atoms. The van der Waals surface area contributed by atoms with Crippen molar-refractivity contribution in [1.82, 2.24) is 9.29 Å². The smallest absolute Gasteiger partial charge is 0.260 e. The number of aryl methyl sites for hydroxylation is 2. The molecule has 2 aromatic carbocycles. The van der Waals surface area contributed by atoms with E-state index < -0.39 is 10.0 Å². The van der Waals surface area contributed by atoms with Crippen LogP contribution in [0.1, 0.15) is 34.3 Å². The number of nitrogens with zero attached hydrogens (tertiary/aromatic N) is 3. The molecule has 0 aliphatic carbocycles. The van der Waals surface area contributed by atoms with Gasteiger partial charge in [0.15, 0.2) is 5.13 Å². The highest BCUT2D eigenvalue weighted by molar-refractivity contribution is 7.89. The van der Waals surface area contributed by atoms with Gasteiger partial charge in [-0.3, -0.25) is 9.69 Å². The van der Waals surface area contributed by atoms with Crippen molar-refractivity contribution in [3.63, 3.8) is 0 Å². The molecule has 0 saturated carbocycles. The zero-order valence-electron chi connectivity index (χ0n) is 20.6. The van der Waals surface area contributed by atoms with Gasteiger partial charge in [-0.1, -0.05) is 29.6 Å². The summed E-state index contributed by atoms with van der Waals surface area (Å²) in [6, 6.07) is 10.1. The summed E-state index contributed by atoms with van der Waals surface area (Å²) in [7, 11) is -3.75. The van der Waals surface area contributed by atoms with Crippen LogP contribution in [0.15, 0.2) is 66.6 Å². The van der Waals surface area contributed by atoms with Crippen LogP contribution in [0.4, 0.5) is 5.13 Å². The van der Waals surface area contributed by atoms with Crippen LogP contribution in [0.2, 0.25) is 0 Å². The fourth-order valence-corrected chi connectivity index (χ4v) is 6.62. The number of anilines is 1. The lowest BCUT2D eigenvalue weighted by atomic mass is 10.1. The van der Waals surface area contributed by atoms with Gasteiger partial charge in [-0.05, 0) is 68.1 Å². The minimum absolute atomic E-state index is 0.0604. The quantitative estimate of drug-likeness (QED) is 0.344. The van der Waals surface area contributed by atoms with Crippen LogP contribution in [0.3, 0.4) is 0 Å². The number of benzene rings is 2. The standard InChI is InChI=1S/C27H31N3O4S2/c1-5-15-29(16-6-2)36(32,33)23-12-10-21(11-13-23)26(31)30(18-22-8-7-17-34-22)27-28-25-20(4)19(3)9-14-24(25)35-27/h5-6,9-14,22H,1-2,7-8,15-18H2,3-4H3. The van der Waals surface area contributed by atoms with E-state index in [0.29, 0.717) is 23.8 Å². The van der Waals surface area contributed by atoms with Gasteiger partial charge >= 0.3 is 0 Å². The topological polar surface area (TPSA) is 79.8 Å². The predicted molar refractivity (Wildman–Crippen MR) is 145 cm³/mol. The first-order chi connectivity index (χ1) is 17.3. The average Bonchev–Trinajstić information content (AvgIpc) is 3.54. The van der Waals surface area contributed by atoms with E-state index in [1.54, 1.807) is 17.0 Å². The first kappa shape index (κ1) is 26.2. The molecule has 1 unspecified atom stereocenters. The Morgan fingerprint density at radius 3 is 2.44 bits per heavy atom. The highest BCUT2D eigenvalue weighted by Crippen LogP contribution is 2.33. The second-order valence-corrected chi connectivity index (χ2v) is 11.8. The van der Waals surface area contributed by atoms with Crippen molar-refractivity contribution in [2.75, 3.05) is 31.1 Å². The third kappa shape index (κ3) is 5.29. The van der Waals surface area contributed by atoms with Crippen molar-refractivity contribution in [2.45, 2.75) is 37.7 Å². The maximum Gasteiger partial charge on any atom is 0.260 e. The van der Waals surface area contributed by atoms with E-state index >= 15 is 0 Å². The summed E-state index contributed by atoms with van der Waals surface area (Å²) in [5.74, 6) is -0.239. The van der Waals surface area contributed by atoms with Crippen molar-refractivity contribution < 1.29 is 17.9 Å². The fourth-order valence-electron chi connectivity index (χ4n) is 4.20. The van der Waals surface area contributed by atoms with Gasteiger partial charge in [0.2, 0.25) is 10.0 Å². The number of fused-ring (bicyclic) bond motifs is 1. The summed E-state index contributed by atoms with van der Waals surface area (Å²) in [6.45, 7) is 12.8. The van der Waals surface area contributed by atoms with Gasteiger partial charge in [0.05, 0.1) is 27.8 Å². The average molecular weight is 526 g/mol. The maximum absolute atomic E-state index is 13.7. The molecule has 1 atom stereocenters. The molecule has 1 saturated heterocycles. The maximum atomic E-state index is 13.7. The van der Waals surface area contributed by atoms with Crippen LogP contribution < -0.4 is 4.90 Å². The predicted octanol–water partition coefficient (Wildman–Crippen LogP) is 5.10. The van der Waals surface area contributed by atoms with Crippen LogP contribution in [0.25, 0.3) is 10.2 Å². The van der Waals surface area contributed by atoms with Gasteiger partial charge in [0.25, 0.3) is 5.91 Å². The number of sulfonamides is 1. The lowest BCUT2D eigenvalue weighted by Gasteiger charge is -2.23. The molecule has 1 amide bonds. The molecular weight excluding hydrogens is 494 g/mol. The Labute approximate surface area is 216 Å². The lowest BCUT2D eigenvalue weighted by Crippen LogP contribution is -2.37.